The zero-order valence-electron chi connectivity index (χ0n) is 20.7. The zero-order valence-corrected chi connectivity index (χ0v) is 20.7. The van der Waals surface area contributed by atoms with Gasteiger partial charge in [0.2, 0.25) is 17.8 Å². The SMILES string of the molecule is COc1cc(CC(=O)NC(=N)NNC(=O)C2(C)C=CC3(/C=C\C/C=C\C/C=C\C/C=C\3)C2)ccc1O. The lowest BCUT2D eigenvalue weighted by molar-refractivity contribution is -0.129. The molecule has 1 spiro atoms. The molecule has 8 nitrogen and oxygen atoms in total. The van der Waals surface area contributed by atoms with Crippen LogP contribution in [-0.2, 0) is 16.0 Å². The molecule has 1 unspecified atom stereocenters. The molecule has 0 aliphatic heterocycles. The minimum absolute atomic E-state index is 0.0221. The van der Waals surface area contributed by atoms with Gasteiger partial charge in [-0.15, -0.1) is 0 Å². The van der Waals surface area contributed by atoms with E-state index < -0.39 is 11.3 Å². The van der Waals surface area contributed by atoms with Crippen LogP contribution in [0.4, 0.5) is 0 Å². The van der Waals surface area contributed by atoms with Gasteiger partial charge in [-0.25, -0.2) is 0 Å². The number of hydrogen-bond donors (Lipinski definition) is 5. The average Bonchev–Trinajstić information content (AvgIpc) is 3.19. The summed E-state index contributed by atoms with van der Waals surface area (Å²) in [5.41, 5.74) is 4.48. The molecule has 1 aromatic rings. The summed E-state index contributed by atoms with van der Waals surface area (Å²) < 4.78 is 5.04. The number of rotatable bonds is 4. The molecule has 2 aliphatic rings. The number of hydrogen-bond acceptors (Lipinski definition) is 5. The third-order valence-electron chi connectivity index (χ3n) is 6.13. The topological polar surface area (TPSA) is 124 Å². The Morgan fingerprint density at radius 2 is 1.61 bits per heavy atom. The lowest BCUT2D eigenvalue weighted by Crippen LogP contribution is -2.52. The van der Waals surface area contributed by atoms with Crippen LogP contribution in [0.25, 0.3) is 0 Å². The molecule has 0 saturated heterocycles. The van der Waals surface area contributed by atoms with E-state index in [-0.39, 0.29) is 35.2 Å². The van der Waals surface area contributed by atoms with Crippen molar-refractivity contribution in [3.8, 4) is 11.5 Å². The summed E-state index contributed by atoms with van der Waals surface area (Å²) in [6.45, 7) is 1.85. The molecular formula is C28H34N4O4. The summed E-state index contributed by atoms with van der Waals surface area (Å²) in [4.78, 5) is 25.3. The first-order chi connectivity index (χ1) is 17.3. The van der Waals surface area contributed by atoms with Crippen molar-refractivity contribution in [1.29, 1.82) is 5.41 Å². The molecular weight excluding hydrogens is 456 g/mol. The number of nitrogens with one attached hydrogen (secondary N) is 4. The Hall–Kier alpha value is -4.07. The lowest BCUT2D eigenvalue weighted by Gasteiger charge is -2.27. The molecule has 1 aromatic carbocycles. The fourth-order valence-corrected chi connectivity index (χ4v) is 4.22. The third-order valence-corrected chi connectivity index (χ3v) is 6.13. The molecule has 8 heteroatoms. The molecule has 0 heterocycles. The summed E-state index contributed by atoms with van der Waals surface area (Å²) >= 11 is 0. The molecule has 2 aliphatic carbocycles. The van der Waals surface area contributed by atoms with E-state index in [1.165, 1.54) is 13.2 Å². The van der Waals surface area contributed by atoms with Crippen molar-refractivity contribution in [1.82, 2.24) is 16.2 Å². The first kappa shape index (κ1) is 26.5. The maximum absolute atomic E-state index is 13.0. The highest BCUT2D eigenvalue weighted by molar-refractivity contribution is 5.97. The second-order valence-corrected chi connectivity index (χ2v) is 9.18. The number of guanidine groups is 1. The minimum atomic E-state index is -0.794. The van der Waals surface area contributed by atoms with E-state index in [2.05, 4.69) is 70.9 Å². The van der Waals surface area contributed by atoms with E-state index in [9.17, 15) is 14.7 Å². The molecule has 3 rings (SSSR count). The fraction of sp³-hybridized carbons (Fsp3) is 0.321. The first-order valence-corrected chi connectivity index (χ1v) is 11.9. The van der Waals surface area contributed by atoms with Gasteiger partial charge in [0.15, 0.2) is 11.5 Å². The highest BCUT2D eigenvalue weighted by Crippen LogP contribution is 2.46. The van der Waals surface area contributed by atoms with Crippen molar-refractivity contribution in [3.63, 3.8) is 0 Å². The maximum atomic E-state index is 13.0. The van der Waals surface area contributed by atoms with Gasteiger partial charge in [0.1, 0.15) is 0 Å². The van der Waals surface area contributed by atoms with E-state index in [1.807, 2.05) is 13.0 Å². The Labute approximate surface area is 212 Å². The van der Waals surface area contributed by atoms with Crippen LogP contribution in [0, 0.1) is 16.2 Å². The summed E-state index contributed by atoms with van der Waals surface area (Å²) in [7, 11) is 1.42. The second-order valence-electron chi connectivity index (χ2n) is 9.18. The van der Waals surface area contributed by atoms with Crippen LogP contribution in [0.5, 0.6) is 11.5 Å². The maximum Gasteiger partial charge on any atom is 0.248 e. The molecule has 2 amide bonds. The van der Waals surface area contributed by atoms with Gasteiger partial charge >= 0.3 is 0 Å². The van der Waals surface area contributed by atoms with Gasteiger partial charge in [-0.05, 0) is 50.3 Å². The van der Waals surface area contributed by atoms with Crippen molar-refractivity contribution in [2.75, 3.05) is 7.11 Å². The van der Waals surface area contributed by atoms with Crippen LogP contribution in [0.1, 0.15) is 38.2 Å². The number of allylic oxidation sites excluding steroid dienone is 9. The number of ether oxygens (including phenoxy) is 1. The summed E-state index contributed by atoms with van der Waals surface area (Å²) in [6.07, 6.45) is 24.1. The molecule has 36 heavy (non-hydrogen) atoms. The highest BCUT2D eigenvalue weighted by atomic mass is 16.5. The summed E-state index contributed by atoms with van der Waals surface area (Å²) in [6, 6.07) is 4.58. The summed E-state index contributed by atoms with van der Waals surface area (Å²) in [5, 5.41) is 20.0. The van der Waals surface area contributed by atoms with Crippen molar-refractivity contribution >= 4 is 17.8 Å². The molecule has 190 valence electrons. The smallest absolute Gasteiger partial charge is 0.248 e. The van der Waals surface area contributed by atoms with Crippen molar-refractivity contribution < 1.29 is 19.4 Å². The van der Waals surface area contributed by atoms with Crippen molar-refractivity contribution in [2.45, 2.75) is 39.0 Å². The van der Waals surface area contributed by atoms with Crippen molar-refractivity contribution in [2.24, 2.45) is 10.8 Å². The molecule has 0 bridgehead atoms. The van der Waals surface area contributed by atoms with Gasteiger partial charge in [-0.1, -0.05) is 66.8 Å². The molecule has 0 fully saturated rings. The molecule has 1 atom stereocenters. The van der Waals surface area contributed by atoms with Gasteiger partial charge in [-0.3, -0.25) is 31.2 Å². The molecule has 0 aromatic heterocycles. The van der Waals surface area contributed by atoms with Crippen LogP contribution in [0.3, 0.4) is 0 Å². The summed E-state index contributed by atoms with van der Waals surface area (Å²) in [5.74, 6) is -0.858. The monoisotopic (exact) mass is 490 g/mol. The number of carbonyl (C=O) groups is 2. The van der Waals surface area contributed by atoms with E-state index >= 15 is 0 Å². The van der Waals surface area contributed by atoms with Gasteiger partial charge in [-0.2, -0.15) is 0 Å². The quantitative estimate of drug-likeness (QED) is 0.189. The standard InChI is InChI=1S/C28H34N4O4/c1-27(16-17-28(20-27)14-10-8-6-4-3-5-7-9-11-15-28)25(35)31-32-26(29)30-24(34)19-21-12-13-22(33)23(18-21)36-2/h4-7,10-18,33H,3,8-9,19-20H2,1-2H3,(H,31,35)(H3,29,30,32,34)/b6-4-,7-5-,14-10-,15-11-. The Kier molecular flexibility index (Phi) is 8.89. The normalized spacial score (nSPS) is 23.9. The van der Waals surface area contributed by atoms with E-state index in [4.69, 9.17) is 10.1 Å². The number of aromatic hydroxyl groups is 1. The van der Waals surface area contributed by atoms with Gasteiger partial charge in [0, 0.05) is 5.41 Å². The largest absolute Gasteiger partial charge is 0.504 e. The van der Waals surface area contributed by atoms with Gasteiger partial charge in [0.05, 0.1) is 18.9 Å². The predicted octanol–water partition coefficient (Wildman–Crippen LogP) is 3.98. The Morgan fingerprint density at radius 3 is 2.25 bits per heavy atom. The third kappa shape index (κ3) is 7.21. The van der Waals surface area contributed by atoms with E-state index in [0.717, 1.165) is 19.3 Å². The number of phenolic OH excluding ortho intramolecular Hbond substituents is 1. The van der Waals surface area contributed by atoms with Crippen LogP contribution in [-0.4, -0.2) is 30.0 Å². The Balaban J connectivity index is 1.54. The Bertz CT molecular complexity index is 1110. The van der Waals surface area contributed by atoms with E-state index in [0.29, 0.717) is 12.0 Å². The lowest BCUT2D eigenvalue weighted by atomic mass is 9.77. The van der Waals surface area contributed by atoms with Gasteiger partial charge in [0.25, 0.3) is 0 Å². The zero-order chi connectivity index (χ0) is 26.0. The van der Waals surface area contributed by atoms with Crippen LogP contribution < -0.4 is 20.9 Å². The predicted molar refractivity (Wildman–Crippen MR) is 140 cm³/mol. The number of benzene rings is 1. The molecule has 5 N–H and O–H groups in total. The second kappa shape index (κ2) is 12.1. The molecule has 0 saturated carbocycles. The fourth-order valence-electron chi connectivity index (χ4n) is 4.22. The first-order valence-electron chi connectivity index (χ1n) is 11.9. The average molecular weight is 491 g/mol. The number of phenols is 1. The number of methoxy groups -OCH3 is 1. The molecule has 0 radical (unpaired) electrons. The van der Waals surface area contributed by atoms with Gasteiger partial charge < -0.3 is 9.84 Å². The minimum Gasteiger partial charge on any atom is -0.504 e. The van der Waals surface area contributed by atoms with E-state index in [1.54, 1.807) is 12.1 Å². The highest BCUT2D eigenvalue weighted by Gasteiger charge is 2.43. The van der Waals surface area contributed by atoms with Crippen LogP contribution in [0.15, 0.2) is 79.0 Å². The number of carbonyl (C=O) groups excluding carboxylic acids is 2. The van der Waals surface area contributed by atoms with Crippen molar-refractivity contribution in [3.05, 3.63) is 84.5 Å². The van der Waals surface area contributed by atoms with Crippen LogP contribution >= 0.6 is 0 Å². The number of hydrazine groups is 1. The van der Waals surface area contributed by atoms with Crippen LogP contribution in [0.2, 0.25) is 0 Å². The number of amides is 2. The Morgan fingerprint density at radius 1 is 0.972 bits per heavy atom.